The number of hydrogen-bond acceptors (Lipinski definition) is 5. The maximum absolute atomic E-state index is 12.4. The second kappa shape index (κ2) is 10.6. The maximum atomic E-state index is 12.4. The van der Waals surface area contributed by atoms with Gasteiger partial charge in [0.25, 0.3) is 5.91 Å². The highest BCUT2D eigenvalue weighted by Gasteiger charge is 2.26. The summed E-state index contributed by atoms with van der Waals surface area (Å²) in [4.78, 5) is 39.2. The van der Waals surface area contributed by atoms with Crippen molar-refractivity contribution in [3.8, 4) is 0 Å². The van der Waals surface area contributed by atoms with Crippen LogP contribution in [0.2, 0.25) is 0 Å². The highest BCUT2D eigenvalue weighted by molar-refractivity contribution is 6.27. The SMILES string of the molecule is O=C(O)C(=O)O.O=C(c1ccncc1)N1CCN(C2CCCCCC2)CC1. The van der Waals surface area contributed by atoms with E-state index in [1.165, 1.54) is 38.5 Å². The summed E-state index contributed by atoms with van der Waals surface area (Å²) in [7, 11) is 0. The van der Waals surface area contributed by atoms with E-state index in [4.69, 9.17) is 19.8 Å². The molecule has 0 unspecified atom stereocenters. The van der Waals surface area contributed by atoms with Crippen molar-refractivity contribution in [2.24, 2.45) is 0 Å². The van der Waals surface area contributed by atoms with E-state index in [-0.39, 0.29) is 5.91 Å². The smallest absolute Gasteiger partial charge is 0.414 e. The molecular formula is C19H27N3O5. The number of piperazine rings is 1. The van der Waals surface area contributed by atoms with Gasteiger partial charge in [-0.05, 0) is 25.0 Å². The Bertz CT molecular complexity index is 609. The topological polar surface area (TPSA) is 111 Å². The summed E-state index contributed by atoms with van der Waals surface area (Å²) in [6, 6.07) is 4.37. The van der Waals surface area contributed by atoms with Gasteiger partial charge in [-0.25, -0.2) is 9.59 Å². The molecule has 27 heavy (non-hydrogen) atoms. The van der Waals surface area contributed by atoms with Crippen molar-refractivity contribution >= 4 is 17.8 Å². The first-order chi connectivity index (χ1) is 13.0. The van der Waals surface area contributed by atoms with Gasteiger partial charge in [-0.2, -0.15) is 0 Å². The van der Waals surface area contributed by atoms with E-state index in [0.717, 1.165) is 37.8 Å². The molecule has 0 atom stereocenters. The average Bonchev–Trinajstić information content (AvgIpc) is 2.98. The summed E-state index contributed by atoms with van der Waals surface area (Å²) in [5.74, 6) is -3.50. The minimum absolute atomic E-state index is 0.151. The zero-order valence-electron chi connectivity index (χ0n) is 15.4. The fourth-order valence-corrected chi connectivity index (χ4v) is 3.59. The van der Waals surface area contributed by atoms with E-state index in [9.17, 15) is 4.79 Å². The minimum atomic E-state index is -1.82. The summed E-state index contributed by atoms with van der Waals surface area (Å²) in [6.45, 7) is 3.78. The molecule has 1 aliphatic heterocycles. The van der Waals surface area contributed by atoms with Crippen LogP contribution in [0.1, 0.15) is 48.9 Å². The van der Waals surface area contributed by atoms with Crippen LogP contribution in [-0.4, -0.2) is 75.1 Å². The van der Waals surface area contributed by atoms with Crippen LogP contribution in [0.25, 0.3) is 0 Å². The molecule has 8 nitrogen and oxygen atoms in total. The van der Waals surface area contributed by atoms with Gasteiger partial charge in [0.2, 0.25) is 0 Å². The highest BCUT2D eigenvalue weighted by Crippen LogP contribution is 2.23. The number of aliphatic carboxylic acids is 2. The molecule has 1 saturated carbocycles. The fourth-order valence-electron chi connectivity index (χ4n) is 3.59. The van der Waals surface area contributed by atoms with Crippen molar-refractivity contribution in [3.63, 3.8) is 0 Å². The molecule has 2 aliphatic rings. The first kappa shape index (κ1) is 20.8. The van der Waals surface area contributed by atoms with Gasteiger partial charge in [-0.15, -0.1) is 0 Å². The fraction of sp³-hybridized carbons (Fsp3) is 0.579. The molecule has 8 heteroatoms. The number of carboxylic acids is 2. The Morgan fingerprint density at radius 2 is 1.37 bits per heavy atom. The summed E-state index contributed by atoms with van der Waals surface area (Å²) in [5, 5.41) is 14.8. The third-order valence-corrected chi connectivity index (χ3v) is 5.05. The summed E-state index contributed by atoms with van der Waals surface area (Å²) >= 11 is 0. The zero-order chi connectivity index (χ0) is 19.6. The molecule has 2 fully saturated rings. The third-order valence-electron chi connectivity index (χ3n) is 5.05. The van der Waals surface area contributed by atoms with Crippen LogP contribution in [0, 0.1) is 0 Å². The van der Waals surface area contributed by atoms with Gasteiger partial charge in [0.15, 0.2) is 0 Å². The summed E-state index contributed by atoms with van der Waals surface area (Å²) in [5.41, 5.74) is 0.757. The van der Waals surface area contributed by atoms with Gasteiger partial charge in [0.1, 0.15) is 0 Å². The average molecular weight is 377 g/mol. The Kier molecular flexibility index (Phi) is 8.19. The molecule has 1 aromatic heterocycles. The molecule has 148 valence electrons. The second-order valence-electron chi connectivity index (χ2n) is 6.82. The van der Waals surface area contributed by atoms with Crippen molar-refractivity contribution < 1.29 is 24.6 Å². The number of pyridine rings is 1. The molecule has 0 bridgehead atoms. The second-order valence-corrected chi connectivity index (χ2v) is 6.82. The van der Waals surface area contributed by atoms with E-state index in [1.807, 2.05) is 4.90 Å². The van der Waals surface area contributed by atoms with Crippen LogP contribution < -0.4 is 0 Å². The van der Waals surface area contributed by atoms with Gasteiger partial charge < -0.3 is 15.1 Å². The number of rotatable bonds is 2. The molecule has 0 spiro atoms. The van der Waals surface area contributed by atoms with E-state index in [1.54, 1.807) is 24.5 Å². The highest BCUT2D eigenvalue weighted by atomic mass is 16.4. The van der Waals surface area contributed by atoms with Crippen LogP contribution in [0.15, 0.2) is 24.5 Å². The van der Waals surface area contributed by atoms with Crippen molar-refractivity contribution in [1.82, 2.24) is 14.8 Å². The quantitative estimate of drug-likeness (QED) is 0.596. The molecule has 1 amide bonds. The molecule has 0 radical (unpaired) electrons. The number of carbonyl (C=O) groups is 3. The maximum Gasteiger partial charge on any atom is 0.414 e. The van der Waals surface area contributed by atoms with Crippen molar-refractivity contribution in [2.45, 2.75) is 44.6 Å². The number of hydrogen-bond donors (Lipinski definition) is 2. The monoisotopic (exact) mass is 377 g/mol. The first-order valence-electron chi connectivity index (χ1n) is 9.38. The van der Waals surface area contributed by atoms with Gasteiger partial charge in [-0.1, -0.05) is 25.7 Å². The van der Waals surface area contributed by atoms with Gasteiger partial charge in [0.05, 0.1) is 0 Å². The zero-order valence-corrected chi connectivity index (χ0v) is 15.4. The predicted octanol–water partition coefficient (Wildman–Crippen LogP) is 1.72. The largest absolute Gasteiger partial charge is 0.473 e. The number of aromatic nitrogens is 1. The molecule has 1 aliphatic carbocycles. The Balaban J connectivity index is 0.000000380. The Hall–Kier alpha value is -2.48. The van der Waals surface area contributed by atoms with Gasteiger partial charge in [0, 0.05) is 50.2 Å². The Morgan fingerprint density at radius 1 is 0.852 bits per heavy atom. The number of amides is 1. The van der Waals surface area contributed by atoms with E-state index < -0.39 is 11.9 Å². The van der Waals surface area contributed by atoms with Crippen molar-refractivity contribution in [2.75, 3.05) is 26.2 Å². The Morgan fingerprint density at radius 3 is 1.85 bits per heavy atom. The number of carbonyl (C=O) groups excluding carboxylic acids is 1. The standard InChI is InChI=1S/C17H25N3O.C2H2O4/c21-17(15-7-9-18-10-8-15)20-13-11-19(12-14-20)16-5-3-1-2-4-6-16;3-1(4)2(5)6/h7-10,16H,1-6,11-14H2;(H,3,4)(H,5,6). The first-order valence-corrected chi connectivity index (χ1v) is 9.38. The number of nitrogens with zero attached hydrogens (tertiary/aromatic N) is 3. The Labute approximate surface area is 158 Å². The van der Waals surface area contributed by atoms with Crippen molar-refractivity contribution in [1.29, 1.82) is 0 Å². The van der Waals surface area contributed by atoms with Crippen LogP contribution in [0.4, 0.5) is 0 Å². The third kappa shape index (κ3) is 6.63. The summed E-state index contributed by atoms with van der Waals surface area (Å²) < 4.78 is 0. The molecule has 2 heterocycles. The van der Waals surface area contributed by atoms with Gasteiger partial charge in [-0.3, -0.25) is 14.7 Å². The van der Waals surface area contributed by atoms with Crippen molar-refractivity contribution in [3.05, 3.63) is 30.1 Å². The predicted molar refractivity (Wildman–Crippen MR) is 98.5 cm³/mol. The van der Waals surface area contributed by atoms with Gasteiger partial charge >= 0.3 is 11.9 Å². The van der Waals surface area contributed by atoms with E-state index in [0.29, 0.717) is 0 Å². The molecule has 0 aromatic carbocycles. The molecular weight excluding hydrogens is 350 g/mol. The lowest BCUT2D eigenvalue weighted by atomic mass is 10.1. The van der Waals surface area contributed by atoms with Crippen LogP contribution in [-0.2, 0) is 9.59 Å². The molecule has 1 aromatic rings. The van der Waals surface area contributed by atoms with E-state index >= 15 is 0 Å². The van der Waals surface area contributed by atoms with Crippen LogP contribution >= 0.6 is 0 Å². The van der Waals surface area contributed by atoms with Crippen LogP contribution in [0.5, 0.6) is 0 Å². The van der Waals surface area contributed by atoms with Crippen LogP contribution in [0.3, 0.4) is 0 Å². The molecule has 1 saturated heterocycles. The minimum Gasteiger partial charge on any atom is -0.473 e. The summed E-state index contributed by atoms with van der Waals surface area (Å²) in [6.07, 6.45) is 11.6. The van der Waals surface area contributed by atoms with E-state index in [2.05, 4.69) is 9.88 Å². The normalized spacial score (nSPS) is 18.7. The lowest BCUT2D eigenvalue weighted by Crippen LogP contribution is -2.51. The number of carboxylic acid groups (broad SMARTS) is 2. The molecule has 3 rings (SSSR count). The molecule has 2 N–H and O–H groups in total. The lowest BCUT2D eigenvalue weighted by molar-refractivity contribution is -0.159. The lowest BCUT2D eigenvalue weighted by Gasteiger charge is -2.39.